The Labute approximate surface area is 121 Å². The van der Waals surface area contributed by atoms with Crippen LogP contribution in [-0.4, -0.2) is 16.2 Å². The van der Waals surface area contributed by atoms with Crippen molar-refractivity contribution in [3.05, 3.63) is 45.8 Å². The molecule has 1 unspecified atom stereocenters. The Morgan fingerprint density at radius 2 is 2.15 bits per heavy atom. The third kappa shape index (κ3) is 2.63. The van der Waals surface area contributed by atoms with Crippen LogP contribution >= 0.6 is 11.6 Å². The quantitative estimate of drug-likeness (QED) is 0.896. The van der Waals surface area contributed by atoms with E-state index in [0.29, 0.717) is 11.4 Å². The van der Waals surface area contributed by atoms with Crippen LogP contribution in [0, 0.1) is 13.8 Å². The number of carboxylic acid groups (broad SMARTS) is 1. The predicted molar refractivity (Wildman–Crippen MR) is 76.4 cm³/mol. The van der Waals surface area contributed by atoms with E-state index >= 15 is 0 Å². The number of nitrogens with zero attached hydrogens (tertiary/aromatic N) is 1. The molecule has 2 aromatic rings. The van der Waals surface area contributed by atoms with Crippen molar-refractivity contribution in [1.82, 2.24) is 5.16 Å². The van der Waals surface area contributed by atoms with Gasteiger partial charge in [0.1, 0.15) is 11.3 Å². The molecule has 2 rings (SSSR count). The van der Waals surface area contributed by atoms with Gasteiger partial charge in [-0.2, -0.15) is 0 Å². The van der Waals surface area contributed by atoms with Crippen LogP contribution in [0.5, 0.6) is 0 Å². The van der Waals surface area contributed by atoms with Gasteiger partial charge in [0.05, 0.1) is 22.4 Å². The fraction of sp³-hybridized carbons (Fsp3) is 0.286. The van der Waals surface area contributed by atoms with Gasteiger partial charge in [-0.3, -0.25) is 0 Å². The second-order valence-corrected chi connectivity index (χ2v) is 4.98. The maximum Gasteiger partial charge on any atom is 0.339 e. The zero-order valence-electron chi connectivity index (χ0n) is 11.4. The van der Waals surface area contributed by atoms with E-state index in [1.807, 2.05) is 20.8 Å². The molecule has 20 heavy (non-hydrogen) atoms. The van der Waals surface area contributed by atoms with Gasteiger partial charge >= 0.3 is 5.97 Å². The first kappa shape index (κ1) is 14.4. The number of hydrogen-bond donors (Lipinski definition) is 2. The van der Waals surface area contributed by atoms with Crippen molar-refractivity contribution in [1.29, 1.82) is 0 Å². The van der Waals surface area contributed by atoms with E-state index in [9.17, 15) is 9.90 Å². The molecule has 106 valence electrons. The van der Waals surface area contributed by atoms with Crippen molar-refractivity contribution >= 4 is 23.3 Å². The zero-order valence-corrected chi connectivity index (χ0v) is 12.2. The molecule has 0 amide bonds. The van der Waals surface area contributed by atoms with Gasteiger partial charge in [0.2, 0.25) is 0 Å². The Bertz CT molecular complexity index is 632. The Morgan fingerprint density at radius 3 is 2.70 bits per heavy atom. The van der Waals surface area contributed by atoms with Crippen LogP contribution in [0.25, 0.3) is 0 Å². The molecule has 5 nitrogen and oxygen atoms in total. The molecular weight excluding hydrogens is 280 g/mol. The van der Waals surface area contributed by atoms with Crippen molar-refractivity contribution < 1.29 is 14.4 Å². The second-order valence-electron chi connectivity index (χ2n) is 4.57. The predicted octanol–water partition coefficient (Wildman–Crippen LogP) is 3.82. The number of hydrogen-bond acceptors (Lipinski definition) is 4. The standard InChI is InChI=1S/C14H15ClN2O3/c1-7(12-8(2)17-20-9(12)3)16-11-6-4-5-10(15)13(11)14(18)19/h4-7,16H,1-3H3,(H,18,19). The average Bonchev–Trinajstić information content (AvgIpc) is 2.68. The van der Waals surface area contributed by atoms with Crippen LogP contribution in [0.2, 0.25) is 5.02 Å². The van der Waals surface area contributed by atoms with E-state index in [1.165, 1.54) is 0 Å². The van der Waals surface area contributed by atoms with Crippen LogP contribution in [0.4, 0.5) is 5.69 Å². The summed E-state index contributed by atoms with van der Waals surface area (Å²) in [6.45, 7) is 5.59. The van der Waals surface area contributed by atoms with E-state index in [1.54, 1.807) is 18.2 Å². The summed E-state index contributed by atoms with van der Waals surface area (Å²) in [6, 6.07) is 4.80. The fourth-order valence-electron chi connectivity index (χ4n) is 2.28. The lowest BCUT2D eigenvalue weighted by Crippen LogP contribution is -2.12. The van der Waals surface area contributed by atoms with Gasteiger partial charge in [-0.15, -0.1) is 0 Å². The Kier molecular flexibility index (Phi) is 3.99. The third-order valence-electron chi connectivity index (χ3n) is 3.12. The van der Waals surface area contributed by atoms with Gasteiger partial charge in [0.25, 0.3) is 0 Å². The van der Waals surface area contributed by atoms with Gasteiger partial charge in [-0.1, -0.05) is 22.8 Å². The van der Waals surface area contributed by atoms with Crippen molar-refractivity contribution in [2.24, 2.45) is 0 Å². The molecule has 0 saturated heterocycles. The van der Waals surface area contributed by atoms with Gasteiger partial charge in [0, 0.05) is 5.56 Å². The second kappa shape index (κ2) is 5.54. The van der Waals surface area contributed by atoms with E-state index in [2.05, 4.69) is 10.5 Å². The lowest BCUT2D eigenvalue weighted by Gasteiger charge is -2.17. The number of anilines is 1. The van der Waals surface area contributed by atoms with E-state index < -0.39 is 5.97 Å². The largest absolute Gasteiger partial charge is 0.478 e. The molecule has 0 aliphatic heterocycles. The molecule has 1 atom stereocenters. The maximum absolute atomic E-state index is 11.3. The Hall–Kier alpha value is -2.01. The van der Waals surface area contributed by atoms with Crippen LogP contribution in [0.1, 0.15) is 40.3 Å². The van der Waals surface area contributed by atoms with Crippen LogP contribution in [0.15, 0.2) is 22.7 Å². The Morgan fingerprint density at radius 1 is 1.45 bits per heavy atom. The SMILES string of the molecule is Cc1noc(C)c1C(C)Nc1cccc(Cl)c1C(=O)O. The number of carboxylic acids is 1. The first-order valence-corrected chi connectivity index (χ1v) is 6.50. The number of aromatic nitrogens is 1. The third-order valence-corrected chi connectivity index (χ3v) is 3.44. The summed E-state index contributed by atoms with van der Waals surface area (Å²) >= 11 is 5.94. The Balaban J connectivity index is 2.36. The summed E-state index contributed by atoms with van der Waals surface area (Å²) < 4.78 is 5.12. The highest BCUT2D eigenvalue weighted by Gasteiger charge is 2.20. The molecule has 0 bridgehead atoms. The molecule has 0 aliphatic rings. The first-order valence-electron chi connectivity index (χ1n) is 6.13. The molecule has 0 aliphatic carbocycles. The van der Waals surface area contributed by atoms with E-state index in [4.69, 9.17) is 16.1 Å². The van der Waals surface area contributed by atoms with E-state index in [0.717, 1.165) is 11.3 Å². The lowest BCUT2D eigenvalue weighted by molar-refractivity contribution is 0.0698. The number of aryl methyl sites for hydroxylation is 2. The monoisotopic (exact) mass is 294 g/mol. The molecule has 0 radical (unpaired) electrons. The normalized spacial score (nSPS) is 12.2. The summed E-state index contributed by atoms with van der Waals surface area (Å²) in [7, 11) is 0. The van der Waals surface area contributed by atoms with Gasteiger partial charge in [-0.05, 0) is 32.9 Å². The summed E-state index contributed by atoms with van der Waals surface area (Å²) in [4.78, 5) is 11.3. The number of halogens is 1. The zero-order chi connectivity index (χ0) is 14.9. The van der Waals surface area contributed by atoms with Crippen LogP contribution < -0.4 is 5.32 Å². The van der Waals surface area contributed by atoms with Crippen molar-refractivity contribution in [3.63, 3.8) is 0 Å². The topological polar surface area (TPSA) is 75.4 Å². The lowest BCUT2D eigenvalue weighted by atomic mass is 10.1. The number of carbonyl (C=O) groups is 1. The van der Waals surface area contributed by atoms with Crippen molar-refractivity contribution in [2.75, 3.05) is 5.32 Å². The minimum atomic E-state index is -1.07. The van der Waals surface area contributed by atoms with Crippen LogP contribution in [0.3, 0.4) is 0 Å². The molecule has 6 heteroatoms. The number of nitrogens with one attached hydrogen (secondary N) is 1. The molecule has 1 aromatic heterocycles. The van der Waals surface area contributed by atoms with Gasteiger partial charge in [0.15, 0.2) is 0 Å². The highest BCUT2D eigenvalue weighted by Crippen LogP contribution is 2.29. The molecule has 1 heterocycles. The summed E-state index contributed by atoms with van der Waals surface area (Å²) in [5.74, 6) is -0.356. The maximum atomic E-state index is 11.3. The minimum Gasteiger partial charge on any atom is -0.478 e. The molecule has 2 N–H and O–H groups in total. The number of benzene rings is 1. The average molecular weight is 295 g/mol. The molecular formula is C14H15ClN2O3. The van der Waals surface area contributed by atoms with Gasteiger partial charge < -0.3 is 14.9 Å². The molecule has 0 saturated carbocycles. The summed E-state index contributed by atoms with van der Waals surface area (Å²) in [6.07, 6.45) is 0. The summed E-state index contributed by atoms with van der Waals surface area (Å²) in [5, 5.41) is 16.5. The van der Waals surface area contributed by atoms with E-state index in [-0.39, 0.29) is 16.6 Å². The van der Waals surface area contributed by atoms with Gasteiger partial charge in [-0.25, -0.2) is 4.79 Å². The van der Waals surface area contributed by atoms with Crippen molar-refractivity contribution in [3.8, 4) is 0 Å². The number of rotatable bonds is 4. The molecule has 1 aromatic carbocycles. The smallest absolute Gasteiger partial charge is 0.339 e. The van der Waals surface area contributed by atoms with Crippen molar-refractivity contribution in [2.45, 2.75) is 26.8 Å². The summed E-state index contributed by atoms with van der Waals surface area (Å²) in [5.41, 5.74) is 2.23. The molecule has 0 spiro atoms. The molecule has 0 fully saturated rings. The number of aromatic carboxylic acids is 1. The fourth-order valence-corrected chi connectivity index (χ4v) is 2.53. The minimum absolute atomic E-state index is 0.0628. The first-order chi connectivity index (χ1) is 9.41. The van der Waals surface area contributed by atoms with Crippen LogP contribution in [-0.2, 0) is 0 Å². The highest BCUT2D eigenvalue weighted by molar-refractivity contribution is 6.34. The highest BCUT2D eigenvalue weighted by atomic mass is 35.5.